The number of nitrogens with zero attached hydrogens (tertiary/aromatic N) is 1. The Morgan fingerprint density at radius 3 is 2.46 bits per heavy atom. The van der Waals surface area contributed by atoms with E-state index >= 15 is 0 Å². The highest BCUT2D eigenvalue weighted by Crippen LogP contribution is 2.23. The van der Waals surface area contributed by atoms with Crippen LogP contribution in [-0.2, 0) is 9.53 Å². The second-order valence-corrected chi connectivity index (χ2v) is 5.95. The predicted octanol–water partition coefficient (Wildman–Crippen LogP) is 2.03. The van der Waals surface area contributed by atoms with Gasteiger partial charge in [-0.05, 0) is 37.7 Å². The highest BCUT2D eigenvalue weighted by Gasteiger charge is 2.23. The van der Waals surface area contributed by atoms with E-state index in [0.717, 1.165) is 45.0 Å². The molecule has 1 atom stereocenters. The molecule has 8 heteroatoms. The molecule has 1 aromatic carbocycles. The van der Waals surface area contributed by atoms with Crippen LogP contribution in [0.5, 0.6) is 5.75 Å². The fraction of sp³-hybridized carbons (Fsp3) is 0.611. The standard InChI is InChI=1S/C18H29N3O3.2ClH/c1-19-9-3-4-18(22)20-14-17(21-10-12-24-13-11-21)15-5-7-16(23-2)8-6-15;;/h5-8,17,19H,3-4,9-14H2,1-2H3,(H,20,22);2*1H. The van der Waals surface area contributed by atoms with Crippen LogP contribution in [0.15, 0.2) is 24.3 Å². The van der Waals surface area contributed by atoms with Crippen molar-refractivity contribution in [3.05, 3.63) is 29.8 Å². The van der Waals surface area contributed by atoms with E-state index in [1.165, 1.54) is 5.56 Å². The summed E-state index contributed by atoms with van der Waals surface area (Å²) in [6, 6.07) is 8.25. The fourth-order valence-corrected chi connectivity index (χ4v) is 2.90. The van der Waals surface area contributed by atoms with Gasteiger partial charge in [-0.15, -0.1) is 24.8 Å². The number of rotatable bonds is 9. The van der Waals surface area contributed by atoms with E-state index in [0.29, 0.717) is 13.0 Å². The Morgan fingerprint density at radius 1 is 1.23 bits per heavy atom. The Balaban J connectivity index is 0.00000312. The molecule has 0 saturated carbocycles. The lowest BCUT2D eigenvalue weighted by Crippen LogP contribution is -2.43. The van der Waals surface area contributed by atoms with E-state index in [9.17, 15) is 4.79 Å². The molecule has 0 aliphatic carbocycles. The summed E-state index contributed by atoms with van der Waals surface area (Å²) >= 11 is 0. The molecular weight excluding hydrogens is 377 g/mol. The number of hydrogen-bond acceptors (Lipinski definition) is 5. The first-order valence-corrected chi connectivity index (χ1v) is 8.61. The number of methoxy groups -OCH3 is 1. The normalized spacial score (nSPS) is 15.3. The minimum absolute atomic E-state index is 0. The Bertz CT molecular complexity index is 497. The molecule has 0 radical (unpaired) electrons. The maximum Gasteiger partial charge on any atom is 0.220 e. The highest BCUT2D eigenvalue weighted by molar-refractivity contribution is 5.85. The van der Waals surface area contributed by atoms with Gasteiger partial charge in [-0.2, -0.15) is 0 Å². The molecule has 150 valence electrons. The Labute approximate surface area is 168 Å². The van der Waals surface area contributed by atoms with Gasteiger partial charge in [-0.1, -0.05) is 12.1 Å². The highest BCUT2D eigenvalue weighted by atomic mass is 35.5. The van der Waals surface area contributed by atoms with Crippen molar-refractivity contribution in [1.82, 2.24) is 15.5 Å². The van der Waals surface area contributed by atoms with E-state index in [-0.39, 0.29) is 36.8 Å². The second-order valence-electron chi connectivity index (χ2n) is 5.95. The average molecular weight is 408 g/mol. The number of morpholine rings is 1. The van der Waals surface area contributed by atoms with Crippen LogP contribution in [0.1, 0.15) is 24.4 Å². The van der Waals surface area contributed by atoms with Crippen molar-refractivity contribution in [2.24, 2.45) is 0 Å². The van der Waals surface area contributed by atoms with Crippen molar-refractivity contribution < 1.29 is 14.3 Å². The predicted molar refractivity (Wildman–Crippen MR) is 109 cm³/mol. The third-order valence-corrected chi connectivity index (χ3v) is 4.31. The van der Waals surface area contributed by atoms with Crippen LogP contribution in [0.2, 0.25) is 0 Å². The maximum atomic E-state index is 12.0. The first-order chi connectivity index (χ1) is 11.7. The molecular formula is C18H31Cl2N3O3. The summed E-state index contributed by atoms with van der Waals surface area (Å²) in [6.07, 6.45) is 1.41. The molecule has 1 unspecified atom stereocenters. The number of halogens is 2. The fourth-order valence-electron chi connectivity index (χ4n) is 2.90. The molecule has 6 nitrogen and oxygen atoms in total. The molecule has 2 N–H and O–H groups in total. The smallest absolute Gasteiger partial charge is 0.220 e. The summed E-state index contributed by atoms with van der Waals surface area (Å²) in [4.78, 5) is 14.4. The van der Waals surface area contributed by atoms with Gasteiger partial charge in [-0.3, -0.25) is 9.69 Å². The van der Waals surface area contributed by atoms with Crippen molar-refractivity contribution in [3.8, 4) is 5.75 Å². The van der Waals surface area contributed by atoms with Gasteiger partial charge < -0.3 is 20.1 Å². The van der Waals surface area contributed by atoms with Crippen molar-refractivity contribution in [3.63, 3.8) is 0 Å². The van der Waals surface area contributed by atoms with Crippen molar-refractivity contribution >= 4 is 30.7 Å². The number of amides is 1. The molecule has 2 rings (SSSR count). The van der Waals surface area contributed by atoms with Crippen LogP contribution >= 0.6 is 24.8 Å². The summed E-state index contributed by atoms with van der Waals surface area (Å²) in [6.45, 7) is 4.72. The maximum absolute atomic E-state index is 12.0. The largest absolute Gasteiger partial charge is 0.497 e. The zero-order chi connectivity index (χ0) is 17.2. The van der Waals surface area contributed by atoms with Crippen molar-refractivity contribution in [2.45, 2.75) is 18.9 Å². The molecule has 1 aliphatic heterocycles. The second kappa shape index (κ2) is 14.1. The van der Waals surface area contributed by atoms with Gasteiger partial charge in [0.2, 0.25) is 5.91 Å². The summed E-state index contributed by atoms with van der Waals surface area (Å²) in [5.74, 6) is 0.951. The lowest BCUT2D eigenvalue weighted by atomic mass is 10.0. The molecule has 1 heterocycles. The lowest BCUT2D eigenvalue weighted by molar-refractivity contribution is -0.121. The minimum Gasteiger partial charge on any atom is -0.497 e. The number of nitrogens with one attached hydrogen (secondary N) is 2. The molecule has 1 aromatic rings. The molecule has 1 aliphatic rings. The van der Waals surface area contributed by atoms with E-state index in [2.05, 4.69) is 27.7 Å². The third-order valence-electron chi connectivity index (χ3n) is 4.31. The molecule has 0 bridgehead atoms. The van der Waals surface area contributed by atoms with E-state index in [1.807, 2.05) is 19.2 Å². The van der Waals surface area contributed by atoms with Gasteiger partial charge in [0.15, 0.2) is 0 Å². The number of benzene rings is 1. The van der Waals surface area contributed by atoms with Gasteiger partial charge in [0.1, 0.15) is 5.75 Å². The van der Waals surface area contributed by atoms with Gasteiger partial charge >= 0.3 is 0 Å². The Morgan fingerprint density at radius 2 is 1.88 bits per heavy atom. The van der Waals surface area contributed by atoms with E-state index in [4.69, 9.17) is 9.47 Å². The van der Waals surface area contributed by atoms with Gasteiger partial charge in [0, 0.05) is 26.1 Å². The number of carbonyl (C=O) groups is 1. The Hall–Kier alpha value is -1.05. The monoisotopic (exact) mass is 407 g/mol. The summed E-state index contributed by atoms with van der Waals surface area (Å²) in [7, 11) is 3.57. The molecule has 1 saturated heterocycles. The van der Waals surface area contributed by atoms with Crippen molar-refractivity contribution in [1.29, 1.82) is 0 Å². The average Bonchev–Trinajstić information content (AvgIpc) is 2.63. The first kappa shape index (κ1) is 24.9. The summed E-state index contributed by atoms with van der Waals surface area (Å²) < 4.78 is 10.7. The van der Waals surface area contributed by atoms with Crippen molar-refractivity contribution in [2.75, 3.05) is 53.6 Å². The lowest BCUT2D eigenvalue weighted by Gasteiger charge is -2.35. The van der Waals surface area contributed by atoms with Crippen LogP contribution < -0.4 is 15.4 Å². The SMILES string of the molecule is CNCCCC(=O)NCC(c1ccc(OC)cc1)N1CCOCC1.Cl.Cl. The zero-order valence-corrected chi connectivity index (χ0v) is 17.2. The summed E-state index contributed by atoms with van der Waals surface area (Å²) in [5, 5.41) is 6.15. The van der Waals surface area contributed by atoms with Gasteiger partial charge in [0.25, 0.3) is 0 Å². The quantitative estimate of drug-likeness (QED) is 0.613. The van der Waals surface area contributed by atoms with E-state index < -0.39 is 0 Å². The molecule has 0 aromatic heterocycles. The van der Waals surface area contributed by atoms with Crippen LogP contribution in [0.3, 0.4) is 0 Å². The number of hydrogen-bond donors (Lipinski definition) is 2. The molecule has 26 heavy (non-hydrogen) atoms. The van der Waals surface area contributed by atoms with Crippen LogP contribution in [-0.4, -0.2) is 64.4 Å². The first-order valence-electron chi connectivity index (χ1n) is 8.61. The molecule has 1 amide bonds. The number of carbonyl (C=O) groups excluding carboxylic acids is 1. The van der Waals surface area contributed by atoms with Crippen LogP contribution in [0.4, 0.5) is 0 Å². The topological polar surface area (TPSA) is 62.8 Å². The van der Waals surface area contributed by atoms with Gasteiger partial charge in [0.05, 0.1) is 26.4 Å². The third kappa shape index (κ3) is 8.10. The summed E-state index contributed by atoms with van der Waals surface area (Å²) in [5.41, 5.74) is 1.19. The van der Waals surface area contributed by atoms with Gasteiger partial charge in [-0.25, -0.2) is 0 Å². The zero-order valence-electron chi connectivity index (χ0n) is 15.5. The molecule has 1 fully saturated rings. The van der Waals surface area contributed by atoms with Crippen LogP contribution in [0, 0.1) is 0 Å². The minimum atomic E-state index is 0. The number of ether oxygens (including phenoxy) is 2. The Kier molecular flexibility index (Phi) is 13.5. The van der Waals surface area contributed by atoms with Crippen LogP contribution in [0.25, 0.3) is 0 Å². The van der Waals surface area contributed by atoms with E-state index in [1.54, 1.807) is 7.11 Å². The molecule has 0 spiro atoms.